The molecular weight excluding hydrogens is 186 g/mol. The molecule has 0 heterocycles. The van der Waals surface area contributed by atoms with Crippen molar-refractivity contribution in [3.05, 3.63) is 29.8 Å². The van der Waals surface area contributed by atoms with Crippen molar-refractivity contribution >= 4 is 6.21 Å². The van der Waals surface area contributed by atoms with E-state index >= 15 is 0 Å². The van der Waals surface area contributed by atoms with Gasteiger partial charge in [0.2, 0.25) is 0 Å². The second kappa shape index (κ2) is 4.96. The quantitative estimate of drug-likeness (QED) is 0.674. The van der Waals surface area contributed by atoms with Gasteiger partial charge in [0.05, 0.1) is 13.2 Å². The van der Waals surface area contributed by atoms with E-state index in [1.165, 1.54) is 18.4 Å². The fourth-order valence-electron chi connectivity index (χ4n) is 1.41. The molecule has 1 aromatic carbocycles. The second-order valence-corrected chi connectivity index (χ2v) is 3.90. The van der Waals surface area contributed by atoms with Crippen LogP contribution in [0.4, 0.5) is 0 Å². The van der Waals surface area contributed by atoms with Crippen molar-refractivity contribution in [2.45, 2.75) is 26.3 Å². The van der Waals surface area contributed by atoms with Crippen molar-refractivity contribution < 1.29 is 4.74 Å². The number of hydrogen-bond donors (Lipinski definition) is 0. The van der Waals surface area contributed by atoms with Crippen LogP contribution in [-0.2, 0) is 6.54 Å². The Hall–Kier alpha value is -1.31. The maximum Gasteiger partial charge on any atom is 0.119 e. The zero-order chi connectivity index (χ0) is 10.5. The number of ether oxygens (including phenoxy) is 1. The lowest BCUT2D eigenvalue weighted by atomic mass is 10.2. The van der Waals surface area contributed by atoms with Gasteiger partial charge in [-0.1, -0.05) is 12.1 Å². The Morgan fingerprint density at radius 2 is 2.07 bits per heavy atom. The standard InChI is InChI=1S/C13H17NO/c1-2-15-13-7-5-12(6-8-13)10-14-9-11-3-4-11/h5-9,11H,2-4,10H2,1H3/b14-9+. The first kappa shape index (κ1) is 10.2. The summed E-state index contributed by atoms with van der Waals surface area (Å²) in [5, 5.41) is 0. The monoisotopic (exact) mass is 203 g/mol. The van der Waals surface area contributed by atoms with E-state index in [0.717, 1.165) is 24.8 Å². The number of hydrogen-bond acceptors (Lipinski definition) is 2. The molecule has 0 unspecified atom stereocenters. The Bertz CT molecular complexity index is 325. The number of nitrogens with zero attached hydrogens (tertiary/aromatic N) is 1. The molecule has 2 heteroatoms. The molecule has 0 amide bonds. The van der Waals surface area contributed by atoms with Gasteiger partial charge in [-0.15, -0.1) is 0 Å². The molecule has 1 aliphatic carbocycles. The summed E-state index contributed by atoms with van der Waals surface area (Å²) in [5.41, 5.74) is 1.25. The van der Waals surface area contributed by atoms with Gasteiger partial charge < -0.3 is 4.74 Å². The van der Waals surface area contributed by atoms with Crippen molar-refractivity contribution in [1.82, 2.24) is 0 Å². The lowest BCUT2D eigenvalue weighted by Crippen LogP contribution is -1.91. The van der Waals surface area contributed by atoms with Crippen molar-refractivity contribution in [2.24, 2.45) is 10.9 Å². The van der Waals surface area contributed by atoms with Crippen molar-refractivity contribution in [3.8, 4) is 5.75 Å². The average molecular weight is 203 g/mol. The molecule has 0 bridgehead atoms. The molecule has 0 radical (unpaired) electrons. The normalized spacial score (nSPS) is 15.8. The largest absolute Gasteiger partial charge is 0.494 e. The van der Waals surface area contributed by atoms with Gasteiger partial charge in [-0.05, 0) is 43.4 Å². The van der Waals surface area contributed by atoms with Crippen molar-refractivity contribution in [2.75, 3.05) is 6.61 Å². The molecule has 1 aliphatic rings. The Morgan fingerprint density at radius 1 is 1.33 bits per heavy atom. The summed E-state index contributed by atoms with van der Waals surface area (Å²) in [6.45, 7) is 3.51. The van der Waals surface area contributed by atoms with Crippen LogP contribution in [0.5, 0.6) is 5.75 Å². The minimum atomic E-state index is 0.721. The lowest BCUT2D eigenvalue weighted by molar-refractivity contribution is 0.340. The van der Waals surface area contributed by atoms with E-state index in [1.807, 2.05) is 19.1 Å². The highest BCUT2D eigenvalue weighted by molar-refractivity contribution is 5.63. The van der Waals surface area contributed by atoms with E-state index in [9.17, 15) is 0 Å². The third-order valence-electron chi connectivity index (χ3n) is 2.45. The third-order valence-corrected chi connectivity index (χ3v) is 2.45. The topological polar surface area (TPSA) is 21.6 Å². The molecule has 2 rings (SSSR count). The Balaban J connectivity index is 1.85. The zero-order valence-electron chi connectivity index (χ0n) is 9.15. The summed E-state index contributed by atoms with van der Waals surface area (Å²) < 4.78 is 5.38. The van der Waals surface area contributed by atoms with Crippen LogP contribution >= 0.6 is 0 Å². The lowest BCUT2D eigenvalue weighted by Gasteiger charge is -2.02. The summed E-state index contributed by atoms with van der Waals surface area (Å²) in [4.78, 5) is 4.41. The molecule has 80 valence electrons. The maximum absolute atomic E-state index is 5.38. The van der Waals surface area contributed by atoms with Gasteiger partial charge in [-0.3, -0.25) is 4.99 Å². The Labute approximate surface area is 91.0 Å². The van der Waals surface area contributed by atoms with Gasteiger partial charge >= 0.3 is 0 Å². The van der Waals surface area contributed by atoms with Crippen LogP contribution in [0.3, 0.4) is 0 Å². The first-order valence-electron chi connectivity index (χ1n) is 5.60. The molecule has 1 saturated carbocycles. The highest BCUT2D eigenvalue weighted by atomic mass is 16.5. The Kier molecular flexibility index (Phi) is 3.38. The Morgan fingerprint density at radius 3 is 2.67 bits per heavy atom. The van der Waals surface area contributed by atoms with E-state index in [4.69, 9.17) is 4.74 Å². The number of benzene rings is 1. The fourth-order valence-corrected chi connectivity index (χ4v) is 1.41. The van der Waals surface area contributed by atoms with Gasteiger partial charge in [-0.2, -0.15) is 0 Å². The maximum atomic E-state index is 5.38. The van der Waals surface area contributed by atoms with Crippen LogP contribution in [0.25, 0.3) is 0 Å². The van der Waals surface area contributed by atoms with E-state index in [-0.39, 0.29) is 0 Å². The van der Waals surface area contributed by atoms with Gasteiger partial charge in [-0.25, -0.2) is 0 Å². The van der Waals surface area contributed by atoms with Crippen LogP contribution in [0.1, 0.15) is 25.3 Å². The van der Waals surface area contributed by atoms with Crippen molar-refractivity contribution in [1.29, 1.82) is 0 Å². The smallest absolute Gasteiger partial charge is 0.119 e. The number of aliphatic imine (C=N–C) groups is 1. The van der Waals surface area contributed by atoms with Gasteiger partial charge in [0.25, 0.3) is 0 Å². The number of rotatable bonds is 5. The fraction of sp³-hybridized carbons (Fsp3) is 0.462. The highest BCUT2D eigenvalue weighted by Crippen LogP contribution is 2.26. The average Bonchev–Trinajstić information content (AvgIpc) is 3.05. The molecule has 1 fully saturated rings. The molecule has 0 atom stereocenters. The molecule has 0 aliphatic heterocycles. The van der Waals surface area contributed by atoms with E-state index in [0.29, 0.717) is 0 Å². The molecule has 2 nitrogen and oxygen atoms in total. The summed E-state index contributed by atoms with van der Waals surface area (Å²) in [6.07, 6.45) is 4.75. The minimum absolute atomic E-state index is 0.721. The SMILES string of the molecule is CCOc1ccc(C/N=C/C2CC2)cc1. The molecular formula is C13H17NO. The predicted molar refractivity (Wildman–Crippen MR) is 62.5 cm³/mol. The van der Waals surface area contributed by atoms with E-state index in [2.05, 4.69) is 23.3 Å². The van der Waals surface area contributed by atoms with E-state index < -0.39 is 0 Å². The van der Waals surface area contributed by atoms with Crippen LogP contribution in [-0.4, -0.2) is 12.8 Å². The van der Waals surface area contributed by atoms with Crippen molar-refractivity contribution in [3.63, 3.8) is 0 Å². The van der Waals surface area contributed by atoms with Crippen LogP contribution in [0.15, 0.2) is 29.3 Å². The molecule has 0 spiro atoms. The minimum Gasteiger partial charge on any atom is -0.494 e. The molecule has 0 N–H and O–H groups in total. The van der Waals surface area contributed by atoms with Crippen LogP contribution < -0.4 is 4.74 Å². The third kappa shape index (κ3) is 3.39. The molecule has 1 aromatic rings. The summed E-state index contributed by atoms with van der Waals surface area (Å²) in [5.74, 6) is 1.71. The van der Waals surface area contributed by atoms with Crippen LogP contribution in [0.2, 0.25) is 0 Å². The first-order valence-corrected chi connectivity index (χ1v) is 5.60. The summed E-state index contributed by atoms with van der Waals surface area (Å²) in [6, 6.07) is 8.17. The molecule has 0 aromatic heterocycles. The van der Waals surface area contributed by atoms with Gasteiger partial charge in [0.1, 0.15) is 5.75 Å². The second-order valence-electron chi connectivity index (χ2n) is 3.90. The van der Waals surface area contributed by atoms with Crippen LogP contribution in [0, 0.1) is 5.92 Å². The predicted octanol–water partition coefficient (Wildman–Crippen LogP) is 3.07. The molecule has 0 saturated heterocycles. The molecule has 15 heavy (non-hydrogen) atoms. The first-order chi connectivity index (χ1) is 7.38. The van der Waals surface area contributed by atoms with Gasteiger partial charge in [0.15, 0.2) is 0 Å². The van der Waals surface area contributed by atoms with E-state index in [1.54, 1.807) is 0 Å². The summed E-state index contributed by atoms with van der Waals surface area (Å²) >= 11 is 0. The zero-order valence-corrected chi connectivity index (χ0v) is 9.15. The highest BCUT2D eigenvalue weighted by Gasteiger charge is 2.17. The van der Waals surface area contributed by atoms with Gasteiger partial charge in [0, 0.05) is 6.21 Å². The summed E-state index contributed by atoms with van der Waals surface area (Å²) in [7, 11) is 0.